The highest BCUT2D eigenvalue weighted by molar-refractivity contribution is 5.22. The van der Waals surface area contributed by atoms with Gasteiger partial charge in [-0.2, -0.15) is 0 Å². The van der Waals surface area contributed by atoms with Crippen molar-refractivity contribution in [3.8, 4) is 0 Å². The normalized spacial score (nSPS) is 20.4. The first kappa shape index (κ1) is 12.6. The van der Waals surface area contributed by atoms with Crippen molar-refractivity contribution in [3.63, 3.8) is 0 Å². The van der Waals surface area contributed by atoms with Crippen LogP contribution in [0.15, 0.2) is 24.3 Å². The summed E-state index contributed by atoms with van der Waals surface area (Å²) in [5, 5.41) is 0. The third-order valence-corrected chi connectivity index (χ3v) is 3.80. The Hall–Kier alpha value is -0.860. The number of hydrogen-bond acceptors (Lipinski definition) is 2. The summed E-state index contributed by atoms with van der Waals surface area (Å²) in [5.74, 6) is 0. The monoisotopic (exact) mass is 232 g/mol. The summed E-state index contributed by atoms with van der Waals surface area (Å²) < 4.78 is 0. The largest absolute Gasteiger partial charge is 0.325 e. The van der Waals surface area contributed by atoms with E-state index in [4.69, 9.17) is 5.73 Å². The molecular weight excluding hydrogens is 208 g/mol. The van der Waals surface area contributed by atoms with Crippen molar-refractivity contribution in [1.82, 2.24) is 4.90 Å². The van der Waals surface area contributed by atoms with Crippen molar-refractivity contribution in [3.05, 3.63) is 35.4 Å². The van der Waals surface area contributed by atoms with Crippen LogP contribution in [-0.2, 0) is 6.42 Å². The van der Waals surface area contributed by atoms with Crippen LogP contribution < -0.4 is 5.73 Å². The van der Waals surface area contributed by atoms with Gasteiger partial charge in [0.15, 0.2) is 0 Å². The molecule has 94 valence electrons. The van der Waals surface area contributed by atoms with Crippen molar-refractivity contribution in [2.24, 2.45) is 5.73 Å². The Morgan fingerprint density at radius 3 is 2.65 bits per heavy atom. The first-order chi connectivity index (χ1) is 8.05. The fourth-order valence-electron chi connectivity index (χ4n) is 2.44. The van der Waals surface area contributed by atoms with Crippen LogP contribution in [-0.4, -0.2) is 30.1 Å². The van der Waals surface area contributed by atoms with E-state index >= 15 is 0 Å². The highest BCUT2D eigenvalue weighted by atomic mass is 15.1. The predicted molar refractivity (Wildman–Crippen MR) is 73.1 cm³/mol. The average Bonchev–Trinajstić information content (AvgIpc) is 2.28. The number of nitrogens with two attached hydrogens (primary N) is 1. The molecule has 1 aromatic carbocycles. The van der Waals surface area contributed by atoms with Crippen molar-refractivity contribution < 1.29 is 0 Å². The average molecular weight is 232 g/mol. The molecule has 1 aliphatic heterocycles. The Morgan fingerprint density at radius 1 is 1.29 bits per heavy atom. The van der Waals surface area contributed by atoms with Crippen LogP contribution in [0, 0.1) is 6.92 Å². The second kappa shape index (κ2) is 5.19. The maximum Gasteiger partial charge on any atom is 0.0150 e. The van der Waals surface area contributed by atoms with E-state index in [1.807, 2.05) is 0 Å². The Balaban J connectivity index is 1.80. The van der Waals surface area contributed by atoms with E-state index in [1.54, 1.807) is 0 Å². The summed E-state index contributed by atoms with van der Waals surface area (Å²) in [5.41, 5.74) is 9.02. The molecule has 0 aliphatic carbocycles. The summed E-state index contributed by atoms with van der Waals surface area (Å²) in [6.45, 7) is 7.80. The van der Waals surface area contributed by atoms with E-state index in [0.29, 0.717) is 0 Å². The minimum absolute atomic E-state index is 0.0693. The number of rotatable bonds is 3. The molecule has 0 unspecified atom stereocenters. The van der Waals surface area contributed by atoms with Gasteiger partial charge >= 0.3 is 0 Å². The standard InChI is InChI=1S/C15H24N2/c1-13-4-3-5-14(12-13)6-9-17-10-7-15(2,16)8-11-17/h3-5,12H,6-11,16H2,1-2H3. The van der Waals surface area contributed by atoms with Crippen LogP contribution in [0.2, 0.25) is 0 Å². The predicted octanol–water partition coefficient (Wildman–Crippen LogP) is 2.35. The van der Waals surface area contributed by atoms with E-state index in [2.05, 4.69) is 43.0 Å². The molecule has 1 aromatic rings. The molecule has 2 heteroatoms. The number of nitrogens with zero attached hydrogens (tertiary/aromatic N) is 1. The Bertz CT molecular complexity index is 361. The molecular formula is C15H24N2. The molecule has 0 saturated carbocycles. The minimum Gasteiger partial charge on any atom is -0.325 e. The summed E-state index contributed by atoms with van der Waals surface area (Å²) in [7, 11) is 0. The van der Waals surface area contributed by atoms with E-state index in [-0.39, 0.29) is 5.54 Å². The first-order valence-electron chi connectivity index (χ1n) is 6.62. The molecule has 2 rings (SSSR count). The first-order valence-corrected chi connectivity index (χ1v) is 6.62. The number of piperidine rings is 1. The van der Waals surface area contributed by atoms with E-state index in [1.165, 1.54) is 17.7 Å². The van der Waals surface area contributed by atoms with Crippen molar-refractivity contribution >= 4 is 0 Å². The van der Waals surface area contributed by atoms with Crippen molar-refractivity contribution in [1.29, 1.82) is 0 Å². The zero-order chi connectivity index (χ0) is 12.3. The molecule has 2 N–H and O–H groups in total. The van der Waals surface area contributed by atoms with Crippen LogP contribution in [0.5, 0.6) is 0 Å². The molecule has 1 fully saturated rings. The lowest BCUT2D eigenvalue weighted by Crippen LogP contribution is -2.48. The Labute approximate surface area is 105 Å². The molecule has 0 aromatic heterocycles. The smallest absolute Gasteiger partial charge is 0.0150 e. The van der Waals surface area contributed by atoms with E-state index < -0.39 is 0 Å². The van der Waals surface area contributed by atoms with Crippen molar-refractivity contribution in [2.75, 3.05) is 19.6 Å². The molecule has 0 amide bonds. The maximum atomic E-state index is 6.14. The molecule has 0 bridgehead atoms. The van der Waals surface area contributed by atoms with Crippen molar-refractivity contribution in [2.45, 2.75) is 38.6 Å². The van der Waals surface area contributed by atoms with Crippen LogP contribution >= 0.6 is 0 Å². The fourth-order valence-corrected chi connectivity index (χ4v) is 2.44. The zero-order valence-electron chi connectivity index (χ0n) is 11.1. The Kier molecular flexibility index (Phi) is 3.85. The topological polar surface area (TPSA) is 29.3 Å². The quantitative estimate of drug-likeness (QED) is 0.867. The maximum absolute atomic E-state index is 6.14. The van der Waals surface area contributed by atoms with Gasteiger partial charge < -0.3 is 10.6 Å². The van der Waals surface area contributed by atoms with E-state index in [9.17, 15) is 0 Å². The van der Waals surface area contributed by atoms with Gasteiger partial charge in [0.2, 0.25) is 0 Å². The number of benzene rings is 1. The lowest BCUT2D eigenvalue weighted by atomic mass is 9.91. The molecule has 1 saturated heterocycles. The van der Waals surface area contributed by atoms with Gasteiger partial charge in [0.25, 0.3) is 0 Å². The summed E-state index contributed by atoms with van der Waals surface area (Å²) in [6, 6.07) is 8.82. The third kappa shape index (κ3) is 3.83. The van der Waals surface area contributed by atoms with Gasteiger partial charge in [-0.1, -0.05) is 29.8 Å². The SMILES string of the molecule is Cc1cccc(CCN2CCC(C)(N)CC2)c1. The van der Waals surface area contributed by atoms with Gasteiger partial charge in [-0.3, -0.25) is 0 Å². The minimum atomic E-state index is 0.0693. The number of aryl methyl sites for hydroxylation is 1. The van der Waals surface area contributed by atoms with E-state index in [0.717, 1.165) is 32.4 Å². The van der Waals surface area contributed by atoms with Gasteiger partial charge in [-0.05, 0) is 51.8 Å². The zero-order valence-corrected chi connectivity index (χ0v) is 11.1. The van der Waals surface area contributed by atoms with Gasteiger partial charge in [-0.15, -0.1) is 0 Å². The molecule has 0 spiro atoms. The van der Waals surface area contributed by atoms with Gasteiger partial charge in [-0.25, -0.2) is 0 Å². The van der Waals surface area contributed by atoms with Crippen LogP contribution in [0.4, 0.5) is 0 Å². The molecule has 2 nitrogen and oxygen atoms in total. The summed E-state index contributed by atoms with van der Waals surface area (Å²) >= 11 is 0. The van der Waals surface area contributed by atoms with Gasteiger partial charge in [0, 0.05) is 12.1 Å². The molecule has 17 heavy (non-hydrogen) atoms. The lowest BCUT2D eigenvalue weighted by Gasteiger charge is -2.36. The lowest BCUT2D eigenvalue weighted by molar-refractivity contribution is 0.173. The molecule has 0 radical (unpaired) electrons. The van der Waals surface area contributed by atoms with Gasteiger partial charge in [0.05, 0.1) is 0 Å². The van der Waals surface area contributed by atoms with Crippen LogP contribution in [0.1, 0.15) is 30.9 Å². The van der Waals surface area contributed by atoms with Gasteiger partial charge in [0.1, 0.15) is 0 Å². The summed E-state index contributed by atoms with van der Waals surface area (Å²) in [4.78, 5) is 2.54. The highest BCUT2D eigenvalue weighted by Gasteiger charge is 2.25. The second-order valence-corrected chi connectivity index (χ2v) is 5.73. The highest BCUT2D eigenvalue weighted by Crippen LogP contribution is 2.18. The molecule has 1 aliphatic rings. The number of likely N-dealkylation sites (tertiary alicyclic amines) is 1. The number of hydrogen-bond donors (Lipinski definition) is 1. The fraction of sp³-hybridized carbons (Fsp3) is 0.600. The van der Waals surface area contributed by atoms with Crippen LogP contribution in [0.3, 0.4) is 0 Å². The second-order valence-electron chi connectivity index (χ2n) is 5.73. The molecule has 1 heterocycles. The Morgan fingerprint density at radius 2 is 2.00 bits per heavy atom. The third-order valence-electron chi connectivity index (χ3n) is 3.80. The summed E-state index contributed by atoms with van der Waals surface area (Å²) in [6.07, 6.45) is 3.41. The molecule has 0 atom stereocenters. The van der Waals surface area contributed by atoms with Crippen LogP contribution in [0.25, 0.3) is 0 Å².